The molecule has 6 aromatic rings. The number of H-pyrrole nitrogens is 1. The molecule has 0 aliphatic carbocycles. The first-order chi connectivity index (χ1) is 17.2. The molecule has 0 aliphatic rings. The van der Waals surface area contributed by atoms with Gasteiger partial charge in [0, 0.05) is 29.5 Å². The molecule has 0 spiro atoms. The largest absolute Gasteiger partial charge is 0.455 e. The van der Waals surface area contributed by atoms with Crippen LogP contribution in [0.25, 0.3) is 44.8 Å². The summed E-state index contributed by atoms with van der Waals surface area (Å²) in [5.74, 6) is 2.35. The Labute approximate surface area is 208 Å². The summed E-state index contributed by atoms with van der Waals surface area (Å²) in [6.45, 7) is 2.86. The van der Waals surface area contributed by atoms with Gasteiger partial charge < -0.3 is 8.98 Å². The average Bonchev–Trinajstić information content (AvgIpc) is 3.62. The smallest absolute Gasteiger partial charge is 0.181 e. The molecule has 2 aromatic carbocycles. The van der Waals surface area contributed by atoms with E-state index in [0.29, 0.717) is 12.4 Å². The predicted octanol–water partition coefficient (Wildman–Crippen LogP) is 5.57. The summed E-state index contributed by atoms with van der Waals surface area (Å²) in [4.78, 5) is 13.4. The number of fused-ring (bicyclic) bond motifs is 2. The summed E-state index contributed by atoms with van der Waals surface area (Å²) < 4.78 is 9.40. The monoisotopic (exact) mass is 528 g/mol. The zero-order chi connectivity index (χ0) is 23.8. The zero-order valence-electron chi connectivity index (χ0n) is 18.9. The van der Waals surface area contributed by atoms with Crippen LogP contribution in [0.2, 0.25) is 0 Å². The van der Waals surface area contributed by atoms with E-state index >= 15 is 0 Å². The van der Waals surface area contributed by atoms with Crippen LogP contribution in [0.4, 0.5) is 0 Å². The van der Waals surface area contributed by atoms with E-state index in [9.17, 15) is 0 Å². The van der Waals surface area contributed by atoms with Crippen molar-refractivity contribution in [3.63, 3.8) is 0 Å². The molecule has 0 bridgehead atoms. The molecule has 0 aliphatic heterocycles. The van der Waals surface area contributed by atoms with Gasteiger partial charge in [-0.1, -0.05) is 43.7 Å². The summed E-state index contributed by atoms with van der Waals surface area (Å²) in [5.41, 5.74) is 5.38. The predicted molar refractivity (Wildman–Crippen MR) is 136 cm³/mol. The van der Waals surface area contributed by atoms with Crippen LogP contribution in [0.15, 0.2) is 63.9 Å². The summed E-state index contributed by atoms with van der Waals surface area (Å²) in [7, 11) is 0. The average molecular weight is 529 g/mol. The van der Waals surface area contributed by atoms with Crippen LogP contribution in [0.1, 0.15) is 31.2 Å². The molecule has 35 heavy (non-hydrogen) atoms. The Hall–Kier alpha value is -3.92. The van der Waals surface area contributed by atoms with Crippen molar-refractivity contribution >= 4 is 38.1 Å². The number of rotatable bonds is 7. The Morgan fingerprint density at radius 3 is 2.83 bits per heavy atom. The fourth-order valence-corrected chi connectivity index (χ4v) is 4.95. The second-order valence-corrected chi connectivity index (χ2v) is 9.11. The molecule has 0 saturated heterocycles. The highest BCUT2D eigenvalue weighted by Gasteiger charge is 2.19. The fraction of sp³-hybridized carbons (Fsp3) is 0.200. The van der Waals surface area contributed by atoms with Gasteiger partial charge in [-0.05, 0) is 50.5 Å². The Morgan fingerprint density at radius 2 is 2.00 bits per heavy atom. The van der Waals surface area contributed by atoms with Gasteiger partial charge in [0.25, 0.3) is 0 Å². The molecule has 0 atom stereocenters. The third-order valence-electron chi connectivity index (χ3n) is 6.07. The van der Waals surface area contributed by atoms with Crippen LogP contribution in [-0.2, 0) is 13.0 Å². The van der Waals surface area contributed by atoms with Crippen molar-refractivity contribution in [3.05, 3.63) is 70.8 Å². The number of hydrogen-bond donors (Lipinski definition) is 1. The van der Waals surface area contributed by atoms with Gasteiger partial charge in [-0.15, -0.1) is 5.10 Å². The van der Waals surface area contributed by atoms with Crippen LogP contribution < -0.4 is 0 Å². The molecule has 9 nitrogen and oxygen atoms in total. The minimum atomic E-state index is 0.586. The summed E-state index contributed by atoms with van der Waals surface area (Å²) >= 11 is 3.79. The molecule has 4 aromatic heterocycles. The lowest BCUT2D eigenvalue weighted by Crippen LogP contribution is -2.05. The number of tetrazole rings is 1. The highest BCUT2D eigenvalue weighted by atomic mass is 79.9. The van der Waals surface area contributed by atoms with E-state index in [-0.39, 0.29) is 0 Å². The molecule has 1 N–H and O–H groups in total. The molecule has 10 heteroatoms. The number of aromatic amines is 1. The van der Waals surface area contributed by atoms with E-state index in [4.69, 9.17) is 9.40 Å². The molecule has 0 radical (unpaired) electrons. The number of halogens is 1. The second kappa shape index (κ2) is 9.03. The fourth-order valence-electron chi connectivity index (χ4n) is 4.35. The van der Waals surface area contributed by atoms with Gasteiger partial charge >= 0.3 is 0 Å². The van der Waals surface area contributed by atoms with Crippen molar-refractivity contribution in [1.82, 2.24) is 40.1 Å². The molecule has 0 unspecified atom stereocenters. The lowest BCUT2D eigenvalue weighted by Gasteiger charge is -2.09. The first-order valence-electron chi connectivity index (χ1n) is 11.4. The Kier molecular flexibility index (Phi) is 5.57. The number of unbranched alkanes of at least 4 members (excludes halogenated alkanes) is 1. The van der Waals surface area contributed by atoms with E-state index < -0.39 is 0 Å². The van der Waals surface area contributed by atoms with E-state index in [2.05, 4.69) is 70.1 Å². The van der Waals surface area contributed by atoms with Gasteiger partial charge in [0.1, 0.15) is 29.0 Å². The van der Waals surface area contributed by atoms with Crippen molar-refractivity contribution in [1.29, 1.82) is 0 Å². The van der Waals surface area contributed by atoms with Crippen molar-refractivity contribution in [2.45, 2.75) is 32.7 Å². The summed E-state index contributed by atoms with van der Waals surface area (Å²) in [6.07, 6.45) is 6.47. The molecular weight excluding hydrogens is 508 g/mol. The molecule has 6 rings (SSSR count). The quantitative estimate of drug-likeness (QED) is 0.288. The lowest BCUT2D eigenvalue weighted by molar-refractivity contribution is 0.629. The van der Waals surface area contributed by atoms with Gasteiger partial charge in [-0.25, -0.2) is 20.1 Å². The summed E-state index contributed by atoms with van der Waals surface area (Å²) in [5, 5.41) is 15.3. The maximum absolute atomic E-state index is 6.29. The highest BCUT2D eigenvalue weighted by molar-refractivity contribution is 9.10. The van der Waals surface area contributed by atoms with Crippen LogP contribution in [-0.4, -0.2) is 40.1 Å². The van der Waals surface area contributed by atoms with Gasteiger partial charge in [-0.3, -0.25) is 0 Å². The molecule has 4 heterocycles. The Morgan fingerprint density at radius 1 is 1.11 bits per heavy atom. The zero-order valence-corrected chi connectivity index (χ0v) is 20.5. The third-order valence-corrected chi connectivity index (χ3v) is 6.86. The normalized spacial score (nSPS) is 11.6. The molecule has 0 amide bonds. The highest BCUT2D eigenvalue weighted by Crippen LogP contribution is 2.41. The van der Waals surface area contributed by atoms with E-state index in [0.717, 1.165) is 74.1 Å². The third kappa shape index (κ3) is 3.89. The molecule has 0 saturated carbocycles. The van der Waals surface area contributed by atoms with E-state index in [1.165, 1.54) is 0 Å². The number of aromatic nitrogens is 8. The van der Waals surface area contributed by atoms with Gasteiger partial charge in [0.15, 0.2) is 11.5 Å². The van der Waals surface area contributed by atoms with Crippen molar-refractivity contribution in [3.8, 4) is 22.7 Å². The van der Waals surface area contributed by atoms with Crippen LogP contribution in [0.3, 0.4) is 0 Å². The van der Waals surface area contributed by atoms with Gasteiger partial charge in [0.05, 0.1) is 10.7 Å². The number of hydrogen-bond acceptors (Lipinski definition) is 7. The van der Waals surface area contributed by atoms with Crippen molar-refractivity contribution in [2.75, 3.05) is 0 Å². The molecule has 0 fully saturated rings. The van der Waals surface area contributed by atoms with Crippen molar-refractivity contribution in [2.24, 2.45) is 0 Å². The van der Waals surface area contributed by atoms with Crippen LogP contribution >= 0.6 is 15.9 Å². The summed E-state index contributed by atoms with van der Waals surface area (Å²) in [6, 6.07) is 14.1. The first kappa shape index (κ1) is 21.6. The number of nitrogens with zero attached hydrogens (tertiary/aromatic N) is 7. The first-order valence-corrected chi connectivity index (χ1v) is 12.2. The van der Waals surface area contributed by atoms with Gasteiger partial charge in [0.2, 0.25) is 0 Å². The maximum Gasteiger partial charge on any atom is 0.181 e. The number of nitrogens with one attached hydrogen (secondary N) is 1. The standard InChI is InChI=1S/C25H21BrN8O/c1-2-3-8-21-29-25-19(12-27-14-28-25)34(21)13-15-9-10-20-18(11-15)22(26)23(35-20)16-6-4-5-7-17(16)24-30-32-33-31-24/h4-7,9-12,14H,2-3,8,13H2,1H3,(H,30,31,32,33). The number of aryl methyl sites for hydroxylation is 1. The number of imidazole rings is 1. The maximum atomic E-state index is 6.29. The SMILES string of the molecule is CCCCc1nc2ncncc2n1Cc1ccc2oc(-c3ccccc3-c3nnn[nH]3)c(Br)c2c1. The Balaban J connectivity index is 1.41. The minimum Gasteiger partial charge on any atom is -0.455 e. The number of furan rings is 1. The van der Waals surface area contributed by atoms with Gasteiger partial charge in [-0.2, -0.15) is 0 Å². The molecule has 174 valence electrons. The number of benzene rings is 2. The minimum absolute atomic E-state index is 0.586. The second-order valence-electron chi connectivity index (χ2n) is 8.32. The van der Waals surface area contributed by atoms with Crippen molar-refractivity contribution < 1.29 is 4.42 Å². The van der Waals surface area contributed by atoms with E-state index in [1.807, 2.05) is 36.5 Å². The van der Waals surface area contributed by atoms with E-state index in [1.54, 1.807) is 6.33 Å². The van der Waals surface area contributed by atoms with Crippen LogP contribution in [0.5, 0.6) is 0 Å². The lowest BCUT2D eigenvalue weighted by atomic mass is 10.0. The molecular formula is C25H21BrN8O. The van der Waals surface area contributed by atoms with Crippen LogP contribution in [0, 0.1) is 0 Å². The Bertz CT molecular complexity index is 1640. The topological polar surface area (TPSA) is 111 Å².